The Balaban J connectivity index is 2.10. The summed E-state index contributed by atoms with van der Waals surface area (Å²) >= 11 is 0. The summed E-state index contributed by atoms with van der Waals surface area (Å²) in [6.45, 7) is 3.90. The predicted octanol–water partition coefficient (Wildman–Crippen LogP) is 0.857. The zero-order valence-corrected chi connectivity index (χ0v) is 12.0. The van der Waals surface area contributed by atoms with Crippen LogP contribution in [-0.4, -0.2) is 36.0 Å². The van der Waals surface area contributed by atoms with Crippen LogP contribution in [0, 0.1) is 19.8 Å². The molecule has 21 heavy (non-hydrogen) atoms. The zero-order chi connectivity index (χ0) is 15.6. The summed E-state index contributed by atoms with van der Waals surface area (Å²) in [4.78, 5) is 36.2. The Hall–Kier alpha value is -2.37. The second-order valence-electron chi connectivity index (χ2n) is 5.29. The van der Waals surface area contributed by atoms with Crippen molar-refractivity contribution in [1.82, 2.24) is 5.32 Å². The summed E-state index contributed by atoms with van der Waals surface area (Å²) in [7, 11) is 0. The molecule has 2 rings (SSSR count). The molecule has 0 unspecified atom stereocenters. The highest BCUT2D eigenvalue weighted by atomic mass is 16.4. The molecule has 6 nitrogen and oxygen atoms in total. The van der Waals surface area contributed by atoms with E-state index in [-0.39, 0.29) is 5.91 Å². The van der Waals surface area contributed by atoms with Gasteiger partial charge in [0.25, 0.3) is 0 Å². The van der Waals surface area contributed by atoms with Gasteiger partial charge in [0.1, 0.15) is 12.5 Å². The highest BCUT2D eigenvalue weighted by molar-refractivity contribution is 6.10. The van der Waals surface area contributed by atoms with Crippen molar-refractivity contribution >= 4 is 23.5 Å². The highest BCUT2D eigenvalue weighted by Crippen LogP contribution is 2.27. The number of aliphatic carboxylic acids is 1. The summed E-state index contributed by atoms with van der Waals surface area (Å²) in [6.07, 6.45) is 0.400. The Labute approximate surface area is 122 Å². The molecule has 1 heterocycles. The standard InChI is InChI=1S/C15H18N2O4/c1-9-5-10(2)7-11(6-9)17-4-3-12(15(17)21)14(20)16-8-13(18)19/h5-7,12H,3-4,8H2,1-2H3,(H,16,20)(H,18,19)/t12-/m1/s1. The molecule has 112 valence electrons. The Bertz CT molecular complexity index is 577. The second-order valence-corrected chi connectivity index (χ2v) is 5.29. The van der Waals surface area contributed by atoms with Gasteiger partial charge in [-0.15, -0.1) is 0 Å². The Kier molecular flexibility index (Phi) is 4.26. The third-order valence-corrected chi connectivity index (χ3v) is 3.45. The van der Waals surface area contributed by atoms with Crippen molar-refractivity contribution in [3.63, 3.8) is 0 Å². The average molecular weight is 290 g/mol. The zero-order valence-electron chi connectivity index (χ0n) is 12.0. The number of carbonyl (C=O) groups is 3. The van der Waals surface area contributed by atoms with Gasteiger partial charge in [0.2, 0.25) is 11.8 Å². The smallest absolute Gasteiger partial charge is 0.322 e. The van der Waals surface area contributed by atoms with Crippen molar-refractivity contribution in [2.24, 2.45) is 5.92 Å². The molecule has 2 N–H and O–H groups in total. The van der Waals surface area contributed by atoms with Gasteiger partial charge in [-0.2, -0.15) is 0 Å². The Morgan fingerprint density at radius 3 is 2.48 bits per heavy atom. The molecule has 1 fully saturated rings. The van der Waals surface area contributed by atoms with E-state index < -0.39 is 24.3 Å². The van der Waals surface area contributed by atoms with Gasteiger partial charge in [0.05, 0.1) is 0 Å². The van der Waals surface area contributed by atoms with Crippen molar-refractivity contribution in [2.75, 3.05) is 18.0 Å². The van der Waals surface area contributed by atoms with Gasteiger partial charge in [-0.3, -0.25) is 14.4 Å². The molecular formula is C15H18N2O4. The van der Waals surface area contributed by atoms with Crippen LogP contribution in [0.5, 0.6) is 0 Å². The maximum Gasteiger partial charge on any atom is 0.322 e. The fourth-order valence-electron chi connectivity index (χ4n) is 2.57. The lowest BCUT2D eigenvalue weighted by atomic mass is 10.1. The van der Waals surface area contributed by atoms with E-state index in [0.717, 1.165) is 16.8 Å². The number of rotatable bonds is 4. The van der Waals surface area contributed by atoms with Crippen LogP contribution in [0.15, 0.2) is 18.2 Å². The quantitative estimate of drug-likeness (QED) is 0.805. The number of aryl methyl sites for hydroxylation is 2. The number of benzene rings is 1. The van der Waals surface area contributed by atoms with Gasteiger partial charge >= 0.3 is 5.97 Å². The van der Waals surface area contributed by atoms with Crippen LogP contribution in [0.3, 0.4) is 0 Å². The van der Waals surface area contributed by atoms with E-state index >= 15 is 0 Å². The van der Waals surface area contributed by atoms with Gasteiger partial charge in [0, 0.05) is 12.2 Å². The molecule has 0 saturated carbocycles. The number of amides is 2. The third kappa shape index (κ3) is 3.39. The van der Waals surface area contributed by atoms with E-state index in [1.807, 2.05) is 32.0 Å². The van der Waals surface area contributed by atoms with Crippen LogP contribution >= 0.6 is 0 Å². The minimum Gasteiger partial charge on any atom is -0.480 e. The van der Waals surface area contributed by atoms with Crippen molar-refractivity contribution in [3.8, 4) is 0 Å². The topological polar surface area (TPSA) is 86.7 Å². The lowest BCUT2D eigenvalue weighted by Crippen LogP contribution is -2.39. The summed E-state index contributed by atoms with van der Waals surface area (Å²) in [5.41, 5.74) is 2.89. The number of nitrogens with zero attached hydrogens (tertiary/aromatic N) is 1. The molecule has 0 aliphatic carbocycles. The minimum absolute atomic E-state index is 0.275. The fraction of sp³-hybridized carbons (Fsp3) is 0.400. The molecule has 6 heteroatoms. The van der Waals surface area contributed by atoms with Gasteiger partial charge in [-0.05, 0) is 43.5 Å². The maximum atomic E-state index is 12.3. The number of anilines is 1. The average Bonchev–Trinajstić information content (AvgIpc) is 2.76. The molecule has 0 aromatic heterocycles. The third-order valence-electron chi connectivity index (χ3n) is 3.45. The van der Waals surface area contributed by atoms with Crippen LogP contribution in [0.1, 0.15) is 17.5 Å². The van der Waals surface area contributed by atoms with Gasteiger partial charge in [0.15, 0.2) is 0 Å². The molecule has 1 aliphatic heterocycles. The molecule has 2 amide bonds. The predicted molar refractivity (Wildman–Crippen MR) is 77.0 cm³/mol. The van der Waals surface area contributed by atoms with E-state index in [2.05, 4.69) is 5.32 Å². The van der Waals surface area contributed by atoms with Crippen LogP contribution < -0.4 is 10.2 Å². The Morgan fingerprint density at radius 2 is 1.90 bits per heavy atom. The van der Waals surface area contributed by atoms with E-state index in [9.17, 15) is 14.4 Å². The normalized spacial score (nSPS) is 17.9. The molecule has 1 saturated heterocycles. The molecule has 1 aromatic rings. The molecule has 1 aromatic carbocycles. The largest absolute Gasteiger partial charge is 0.480 e. The molecule has 1 atom stereocenters. The van der Waals surface area contributed by atoms with Gasteiger partial charge in [-0.25, -0.2) is 0 Å². The van der Waals surface area contributed by atoms with E-state index in [1.165, 1.54) is 0 Å². The summed E-state index contributed by atoms with van der Waals surface area (Å²) < 4.78 is 0. The molecule has 0 radical (unpaired) electrons. The first-order valence-corrected chi connectivity index (χ1v) is 6.77. The summed E-state index contributed by atoms with van der Waals surface area (Å²) in [5.74, 6) is -2.72. The number of hydrogen-bond acceptors (Lipinski definition) is 3. The van der Waals surface area contributed by atoms with E-state index in [1.54, 1.807) is 4.90 Å². The number of carboxylic acids is 1. The van der Waals surface area contributed by atoms with Crippen molar-refractivity contribution in [1.29, 1.82) is 0 Å². The van der Waals surface area contributed by atoms with E-state index in [4.69, 9.17) is 5.11 Å². The second kappa shape index (κ2) is 5.95. The Morgan fingerprint density at radius 1 is 1.29 bits per heavy atom. The minimum atomic E-state index is -1.13. The van der Waals surface area contributed by atoms with Crippen molar-refractivity contribution < 1.29 is 19.5 Å². The number of hydrogen-bond donors (Lipinski definition) is 2. The van der Waals surface area contributed by atoms with E-state index in [0.29, 0.717) is 13.0 Å². The molecular weight excluding hydrogens is 272 g/mol. The van der Waals surface area contributed by atoms with Crippen molar-refractivity contribution in [2.45, 2.75) is 20.3 Å². The monoisotopic (exact) mass is 290 g/mol. The number of carbonyl (C=O) groups excluding carboxylic acids is 2. The summed E-state index contributed by atoms with van der Waals surface area (Å²) in [5, 5.41) is 10.8. The molecule has 1 aliphatic rings. The van der Waals surface area contributed by atoms with Gasteiger partial charge < -0.3 is 15.3 Å². The molecule has 0 spiro atoms. The fourth-order valence-corrected chi connectivity index (χ4v) is 2.57. The van der Waals surface area contributed by atoms with Crippen LogP contribution in [0.4, 0.5) is 5.69 Å². The number of carboxylic acid groups (broad SMARTS) is 1. The number of nitrogens with one attached hydrogen (secondary N) is 1. The summed E-state index contributed by atoms with van der Waals surface area (Å²) in [6, 6.07) is 5.83. The molecule has 0 bridgehead atoms. The van der Waals surface area contributed by atoms with Crippen LogP contribution in [0.2, 0.25) is 0 Å². The highest BCUT2D eigenvalue weighted by Gasteiger charge is 2.37. The maximum absolute atomic E-state index is 12.3. The lowest BCUT2D eigenvalue weighted by Gasteiger charge is -2.18. The van der Waals surface area contributed by atoms with Crippen LogP contribution in [0.25, 0.3) is 0 Å². The van der Waals surface area contributed by atoms with Crippen molar-refractivity contribution in [3.05, 3.63) is 29.3 Å². The lowest BCUT2D eigenvalue weighted by molar-refractivity contribution is -0.140. The van der Waals surface area contributed by atoms with Gasteiger partial charge in [-0.1, -0.05) is 6.07 Å². The van der Waals surface area contributed by atoms with Crippen LogP contribution in [-0.2, 0) is 14.4 Å². The SMILES string of the molecule is Cc1cc(C)cc(N2CC[C@H](C(=O)NCC(=O)O)C2=O)c1. The first kappa shape index (κ1) is 15.0. The first-order valence-electron chi connectivity index (χ1n) is 6.77. The first-order chi connectivity index (χ1) is 9.88.